The van der Waals surface area contributed by atoms with Gasteiger partial charge in [-0.2, -0.15) is 0 Å². The zero-order valence-corrected chi connectivity index (χ0v) is 17.6. The number of carbonyl (C=O) groups excluding carboxylic acids is 2. The molecule has 1 aliphatic rings. The van der Waals surface area contributed by atoms with E-state index in [4.69, 9.17) is 4.42 Å². The third-order valence-electron chi connectivity index (χ3n) is 5.31. The van der Waals surface area contributed by atoms with Crippen LogP contribution in [0.1, 0.15) is 16.1 Å². The van der Waals surface area contributed by atoms with E-state index in [-0.39, 0.29) is 17.5 Å². The summed E-state index contributed by atoms with van der Waals surface area (Å²) in [5.41, 5.74) is 2.99. The van der Waals surface area contributed by atoms with Gasteiger partial charge in [0.15, 0.2) is 0 Å². The summed E-state index contributed by atoms with van der Waals surface area (Å²) in [5.74, 6) is -0.0937. The molecule has 31 heavy (non-hydrogen) atoms. The van der Waals surface area contributed by atoms with Crippen LogP contribution in [-0.2, 0) is 11.3 Å². The molecule has 0 aliphatic carbocycles. The van der Waals surface area contributed by atoms with Crippen molar-refractivity contribution in [2.24, 2.45) is 0 Å². The number of nitrogens with one attached hydrogen (secondary N) is 1. The molecule has 1 aliphatic heterocycles. The lowest BCUT2D eigenvalue weighted by Gasteiger charge is -2.21. The van der Waals surface area contributed by atoms with Gasteiger partial charge < -0.3 is 19.2 Å². The number of likely N-dealkylation sites (N-methyl/N-ethyl adjacent to an activating group) is 1. The van der Waals surface area contributed by atoms with Gasteiger partial charge in [-0.15, -0.1) is 11.8 Å². The fourth-order valence-corrected chi connectivity index (χ4v) is 4.75. The second-order valence-corrected chi connectivity index (χ2v) is 8.49. The number of hydrogen-bond acceptors (Lipinski definition) is 5. The topological polar surface area (TPSA) is 80.4 Å². The average Bonchev–Trinajstić information content (AvgIpc) is 3.42. The van der Waals surface area contributed by atoms with E-state index < -0.39 is 6.04 Å². The van der Waals surface area contributed by atoms with Crippen molar-refractivity contribution in [2.75, 3.05) is 17.7 Å². The number of amides is 2. The number of furan rings is 1. The van der Waals surface area contributed by atoms with Gasteiger partial charge >= 0.3 is 0 Å². The van der Waals surface area contributed by atoms with Crippen LogP contribution in [0.15, 0.2) is 76.6 Å². The molecule has 0 fully saturated rings. The number of fused-ring (bicyclic) bond motifs is 2. The predicted octanol–water partition coefficient (Wildman–Crippen LogP) is 3.54. The molecule has 156 valence electrons. The van der Waals surface area contributed by atoms with E-state index in [1.807, 2.05) is 53.1 Å². The highest BCUT2D eigenvalue weighted by atomic mass is 32.2. The second-order valence-electron chi connectivity index (χ2n) is 7.43. The molecule has 5 rings (SSSR count). The lowest BCUT2D eigenvalue weighted by atomic mass is 10.2. The van der Waals surface area contributed by atoms with Crippen LogP contribution >= 0.6 is 11.8 Å². The van der Waals surface area contributed by atoms with E-state index in [1.54, 1.807) is 30.7 Å². The first-order valence-electron chi connectivity index (χ1n) is 9.86. The quantitative estimate of drug-likeness (QED) is 0.534. The van der Waals surface area contributed by atoms with Crippen molar-refractivity contribution in [1.82, 2.24) is 14.9 Å². The number of thioether (sulfide) groups is 1. The summed E-state index contributed by atoms with van der Waals surface area (Å²) in [7, 11) is 1.73. The van der Waals surface area contributed by atoms with Gasteiger partial charge in [-0.1, -0.05) is 30.3 Å². The molecule has 4 aromatic rings. The fourth-order valence-electron chi connectivity index (χ4n) is 3.65. The zero-order chi connectivity index (χ0) is 21.4. The Morgan fingerprint density at radius 3 is 2.94 bits per heavy atom. The Morgan fingerprint density at radius 2 is 2.10 bits per heavy atom. The van der Waals surface area contributed by atoms with Crippen LogP contribution < -0.4 is 10.2 Å². The van der Waals surface area contributed by atoms with Gasteiger partial charge in [0, 0.05) is 35.8 Å². The Morgan fingerprint density at radius 1 is 1.26 bits per heavy atom. The summed E-state index contributed by atoms with van der Waals surface area (Å²) in [6.45, 7) is 0.624. The number of hydrogen-bond donors (Lipinski definition) is 1. The minimum Gasteiger partial charge on any atom is -0.464 e. The molecule has 1 N–H and O–H groups in total. The molecule has 2 aromatic heterocycles. The fraction of sp³-hybridized carbons (Fsp3) is 0.174. The molecule has 0 spiro atoms. The lowest BCUT2D eigenvalue weighted by molar-refractivity contribution is -0.119. The second kappa shape index (κ2) is 7.96. The number of carbonyl (C=O) groups is 2. The highest BCUT2D eigenvalue weighted by molar-refractivity contribution is 7.99. The Balaban J connectivity index is 1.31. The molecule has 0 saturated heterocycles. The maximum Gasteiger partial charge on any atom is 0.272 e. The van der Waals surface area contributed by atoms with E-state index in [9.17, 15) is 9.59 Å². The van der Waals surface area contributed by atoms with E-state index in [2.05, 4.69) is 10.3 Å². The van der Waals surface area contributed by atoms with Crippen LogP contribution in [-0.4, -0.2) is 40.2 Å². The minimum absolute atomic E-state index is 0.161. The largest absolute Gasteiger partial charge is 0.464 e. The number of rotatable bonds is 4. The molecule has 2 aromatic carbocycles. The van der Waals surface area contributed by atoms with Gasteiger partial charge in [-0.05, 0) is 23.8 Å². The van der Waals surface area contributed by atoms with Crippen LogP contribution in [0.25, 0.3) is 11.0 Å². The summed E-state index contributed by atoms with van der Waals surface area (Å²) in [4.78, 5) is 32.6. The monoisotopic (exact) mass is 432 g/mol. The molecule has 3 heterocycles. The van der Waals surface area contributed by atoms with Gasteiger partial charge in [0.1, 0.15) is 17.3 Å². The molecule has 1 atom stereocenters. The Kier molecular flexibility index (Phi) is 4.99. The van der Waals surface area contributed by atoms with Gasteiger partial charge in [0.05, 0.1) is 18.3 Å². The van der Waals surface area contributed by atoms with E-state index >= 15 is 0 Å². The maximum atomic E-state index is 13.0. The molecular formula is C23H20N4O3S. The van der Waals surface area contributed by atoms with Crippen LogP contribution in [0.5, 0.6) is 0 Å². The highest BCUT2D eigenvalue weighted by Crippen LogP contribution is 2.37. The van der Waals surface area contributed by atoms with Crippen molar-refractivity contribution in [1.29, 1.82) is 0 Å². The molecular weight excluding hydrogens is 412 g/mol. The molecule has 0 bridgehead atoms. The highest BCUT2D eigenvalue weighted by Gasteiger charge is 2.31. The number of imidazole rings is 1. The van der Waals surface area contributed by atoms with Gasteiger partial charge in [-0.25, -0.2) is 4.98 Å². The average molecular weight is 433 g/mol. The maximum absolute atomic E-state index is 13.0. The summed E-state index contributed by atoms with van der Waals surface area (Å²) >= 11 is 1.52. The minimum atomic E-state index is -0.652. The van der Waals surface area contributed by atoms with Crippen LogP contribution in [0.3, 0.4) is 0 Å². The first kappa shape index (κ1) is 19.4. The molecule has 7 nitrogen and oxygen atoms in total. The smallest absolute Gasteiger partial charge is 0.272 e. The summed E-state index contributed by atoms with van der Waals surface area (Å²) in [5, 5.41) is 3.79. The Bertz CT molecular complexity index is 1260. The number of nitrogens with zero attached hydrogens (tertiary/aromatic N) is 3. The molecule has 0 saturated carbocycles. The van der Waals surface area contributed by atoms with Crippen molar-refractivity contribution in [3.05, 3.63) is 78.6 Å². The predicted molar refractivity (Wildman–Crippen MR) is 119 cm³/mol. The zero-order valence-electron chi connectivity index (χ0n) is 16.8. The lowest BCUT2D eigenvalue weighted by Crippen LogP contribution is -2.48. The first-order valence-corrected chi connectivity index (χ1v) is 10.9. The normalized spacial score (nSPS) is 16.2. The van der Waals surface area contributed by atoms with Crippen LogP contribution in [0.4, 0.5) is 5.69 Å². The SMILES string of the molecule is CN1C(=O)[C@@H](NC(=O)c2cn(Cc3ccccc3)cn2)CSc2cc3occc3cc21. The summed E-state index contributed by atoms with van der Waals surface area (Å²) < 4.78 is 7.34. The summed E-state index contributed by atoms with van der Waals surface area (Å²) in [6, 6.07) is 15.0. The molecule has 0 unspecified atom stereocenters. The first-order chi connectivity index (χ1) is 15.1. The van der Waals surface area contributed by atoms with Gasteiger partial charge in [0.25, 0.3) is 5.91 Å². The van der Waals surface area contributed by atoms with E-state index in [0.29, 0.717) is 12.3 Å². The third kappa shape index (κ3) is 3.82. The Labute approximate surface area is 183 Å². The van der Waals surface area contributed by atoms with Crippen molar-refractivity contribution in [2.45, 2.75) is 17.5 Å². The third-order valence-corrected chi connectivity index (χ3v) is 6.45. The van der Waals surface area contributed by atoms with Gasteiger partial charge in [0.2, 0.25) is 5.91 Å². The van der Waals surface area contributed by atoms with Crippen molar-refractivity contribution < 1.29 is 14.0 Å². The number of anilines is 1. The molecule has 0 radical (unpaired) electrons. The van der Waals surface area contributed by atoms with E-state index in [1.165, 1.54) is 11.8 Å². The van der Waals surface area contributed by atoms with Gasteiger partial charge in [-0.3, -0.25) is 9.59 Å². The number of benzene rings is 2. The Hall–Kier alpha value is -3.52. The van der Waals surface area contributed by atoms with Crippen molar-refractivity contribution in [3.63, 3.8) is 0 Å². The molecule has 8 heteroatoms. The van der Waals surface area contributed by atoms with Crippen molar-refractivity contribution in [3.8, 4) is 0 Å². The molecule has 2 amide bonds. The van der Waals surface area contributed by atoms with Crippen molar-refractivity contribution >= 4 is 40.2 Å². The van der Waals surface area contributed by atoms with E-state index in [0.717, 1.165) is 27.1 Å². The summed E-state index contributed by atoms with van der Waals surface area (Å²) in [6.07, 6.45) is 4.96. The standard InChI is InChI=1S/C23H20N4O3S/c1-26-19-9-16-7-8-30-20(16)10-21(19)31-13-18(23(26)29)25-22(28)17-12-27(14-24-17)11-15-5-3-2-4-6-15/h2-10,12,14,18H,11,13H2,1H3,(H,25,28)/t18-/m0/s1. The van der Waals surface area contributed by atoms with Crippen LogP contribution in [0, 0.1) is 0 Å². The number of aromatic nitrogens is 2. The van der Waals surface area contributed by atoms with Crippen LogP contribution in [0.2, 0.25) is 0 Å².